The van der Waals surface area contributed by atoms with Crippen LogP contribution >= 0.6 is 23.4 Å². The Morgan fingerprint density at radius 2 is 1.75 bits per heavy atom. The van der Waals surface area contributed by atoms with Crippen LogP contribution in [0.1, 0.15) is 6.92 Å². The first-order chi connectivity index (χ1) is 15.4. The molecule has 4 aromatic rings. The number of halogens is 3. The van der Waals surface area contributed by atoms with Crippen LogP contribution < -0.4 is 5.32 Å². The minimum absolute atomic E-state index is 0.102. The number of para-hydroxylation sites is 1. The van der Waals surface area contributed by atoms with Gasteiger partial charge in [-0.3, -0.25) is 9.36 Å². The zero-order valence-corrected chi connectivity index (χ0v) is 18.4. The van der Waals surface area contributed by atoms with Crippen molar-refractivity contribution in [3.8, 4) is 17.1 Å². The van der Waals surface area contributed by atoms with E-state index >= 15 is 0 Å². The Morgan fingerprint density at radius 1 is 1.03 bits per heavy atom. The maximum absolute atomic E-state index is 14.5. The molecule has 1 atom stereocenters. The molecule has 0 unspecified atom stereocenters. The van der Waals surface area contributed by atoms with Crippen molar-refractivity contribution in [1.29, 1.82) is 0 Å². The number of nitrogens with zero attached hydrogens (tertiary/aromatic N) is 3. The topological polar surface area (TPSA) is 59.8 Å². The number of thioether (sulfide) groups is 1. The SMILES string of the molecule is C[C@H](Sc1nnc(-c2ccccc2F)n1-c1ccccc1)C(=O)Nc1ccc(F)cc1Cl. The van der Waals surface area contributed by atoms with E-state index in [1.807, 2.05) is 30.3 Å². The third-order valence-corrected chi connectivity index (χ3v) is 5.96. The number of anilines is 1. The van der Waals surface area contributed by atoms with Gasteiger partial charge in [-0.05, 0) is 49.4 Å². The predicted molar refractivity (Wildman–Crippen MR) is 122 cm³/mol. The van der Waals surface area contributed by atoms with Crippen molar-refractivity contribution in [1.82, 2.24) is 14.8 Å². The van der Waals surface area contributed by atoms with Crippen LogP contribution in [0.25, 0.3) is 17.1 Å². The van der Waals surface area contributed by atoms with Gasteiger partial charge in [-0.1, -0.05) is 53.7 Å². The van der Waals surface area contributed by atoms with Gasteiger partial charge in [-0.2, -0.15) is 0 Å². The number of carbonyl (C=O) groups is 1. The van der Waals surface area contributed by atoms with E-state index in [0.29, 0.717) is 22.2 Å². The first-order valence-electron chi connectivity index (χ1n) is 9.62. The van der Waals surface area contributed by atoms with Crippen molar-refractivity contribution in [2.24, 2.45) is 0 Å². The maximum Gasteiger partial charge on any atom is 0.237 e. The highest BCUT2D eigenvalue weighted by Gasteiger charge is 2.23. The Labute approximate surface area is 192 Å². The van der Waals surface area contributed by atoms with E-state index in [0.717, 1.165) is 23.5 Å². The van der Waals surface area contributed by atoms with Crippen molar-refractivity contribution in [3.05, 3.63) is 89.5 Å². The molecule has 0 radical (unpaired) electrons. The summed E-state index contributed by atoms with van der Waals surface area (Å²) in [5.74, 6) is -0.943. The fourth-order valence-corrected chi connectivity index (χ4v) is 4.09. The lowest BCUT2D eigenvalue weighted by Crippen LogP contribution is -2.23. The normalized spacial score (nSPS) is 11.9. The first kappa shape index (κ1) is 22.0. The van der Waals surface area contributed by atoms with Crippen LogP contribution in [0, 0.1) is 11.6 Å². The van der Waals surface area contributed by atoms with Gasteiger partial charge in [0.05, 0.1) is 21.5 Å². The number of rotatable bonds is 6. The molecule has 0 saturated heterocycles. The second-order valence-electron chi connectivity index (χ2n) is 6.83. The van der Waals surface area contributed by atoms with E-state index in [9.17, 15) is 13.6 Å². The lowest BCUT2D eigenvalue weighted by atomic mass is 10.2. The van der Waals surface area contributed by atoms with Crippen molar-refractivity contribution >= 4 is 35.0 Å². The Kier molecular flexibility index (Phi) is 6.53. The van der Waals surface area contributed by atoms with Gasteiger partial charge in [0, 0.05) is 5.69 Å². The largest absolute Gasteiger partial charge is 0.324 e. The predicted octanol–water partition coefficient (Wildman–Crippen LogP) is 5.99. The van der Waals surface area contributed by atoms with E-state index in [1.165, 1.54) is 18.2 Å². The molecule has 0 aliphatic carbocycles. The van der Waals surface area contributed by atoms with Gasteiger partial charge < -0.3 is 5.32 Å². The molecular formula is C23H17ClF2N4OS. The molecule has 1 aromatic heterocycles. The smallest absolute Gasteiger partial charge is 0.237 e. The zero-order chi connectivity index (χ0) is 22.7. The molecule has 162 valence electrons. The van der Waals surface area contributed by atoms with Gasteiger partial charge >= 0.3 is 0 Å². The Bertz CT molecular complexity index is 1270. The third-order valence-electron chi connectivity index (χ3n) is 4.60. The summed E-state index contributed by atoms with van der Waals surface area (Å²) in [5, 5.41) is 11.0. The summed E-state index contributed by atoms with van der Waals surface area (Å²) in [6, 6.07) is 19.3. The molecule has 5 nitrogen and oxygen atoms in total. The van der Waals surface area contributed by atoms with Crippen LogP contribution in [0.3, 0.4) is 0 Å². The zero-order valence-electron chi connectivity index (χ0n) is 16.8. The molecule has 0 spiro atoms. The van der Waals surface area contributed by atoms with Gasteiger partial charge in [0.15, 0.2) is 11.0 Å². The number of nitrogens with one attached hydrogen (secondary N) is 1. The van der Waals surface area contributed by atoms with Crippen molar-refractivity contribution in [2.75, 3.05) is 5.32 Å². The summed E-state index contributed by atoms with van der Waals surface area (Å²) in [4.78, 5) is 12.7. The maximum atomic E-state index is 14.5. The second-order valence-corrected chi connectivity index (χ2v) is 8.55. The average molecular weight is 471 g/mol. The van der Waals surface area contributed by atoms with E-state index in [-0.39, 0.29) is 10.9 Å². The lowest BCUT2D eigenvalue weighted by molar-refractivity contribution is -0.115. The summed E-state index contributed by atoms with van der Waals surface area (Å²) >= 11 is 7.17. The standard InChI is InChI=1S/C23H17ClF2N4OS/c1-14(22(31)27-20-12-11-15(25)13-18(20)24)32-23-29-28-21(17-9-5-6-10-19(17)26)30(23)16-7-3-2-4-8-16/h2-14H,1H3,(H,27,31)/t14-/m0/s1. The van der Waals surface area contributed by atoms with Crippen molar-refractivity contribution in [3.63, 3.8) is 0 Å². The number of carbonyl (C=O) groups excluding carboxylic acids is 1. The molecule has 3 aromatic carbocycles. The molecule has 1 heterocycles. The second kappa shape index (κ2) is 9.50. The summed E-state index contributed by atoms with van der Waals surface area (Å²) < 4.78 is 29.5. The molecule has 0 fully saturated rings. The van der Waals surface area contributed by atoms with E-state index in [1.54, 1.807) is 29.7 Å². The van der Waals surface area contributed by atoms with Crippen molar-refractivity contribution in [2.45, 2.75) is 17.3 Å². The van der Waals surface area contributed by atoms with Gasteiger partial charge in [-0.15, -0.1) is 10.2 Å². The van der Waals surface area contributed by atoms with Crippen molar-refractivity contribution < 1.29 is 13.6 Å². The third kappa shape index (κ3) is 4.66. The Morgan fingerprint density at radius 3 is 2.47 bits per heavy atom. The fraction of sp³-hybridized carbons (Fsp3) is 0.0870. The minimum atomic E-state index is -0.601. The number of amides is 1. The molecule has 0 saturated carbocycles. The number of hydrogen-bond donors (Lipinski definition) is 1. The Hall–Kier alpha value is -3.23. The van der Waals surface area contributed by atoms with Gasteiger partial charge in [-0.25, -0.2) is 8.78 Å². The number of benzene rings is 3. The minimum Gasteiger partial charge on any atom is -0.324 e. The van der Waals surface area contributed by atoms with Crippen LogP contribution in [0.4, 0.5) is 14.5 Å². The van der Waals surface area contributed by atoms with Gasteiger partial charge in [0.1, 0.15) is 11.6 Å². The van der Waals surface area contributed by atoms with Gasteiger partial charge in [0.2, 0.25) is 5.91 Å². The summed E-state index contributed by atoms with van der Waals surface area (Å²) in [6.07, 6.45) is 0. The molecule has 0 aliphatic heterocycles. The van der Waals surface area contributed by atoms with Gasteiger partial charge in [0.25, 0.3) is 0 Å². The molecule has 1 amide bonds. The van der Waals surface area contributed by atoms with Crippen LogP contribution in [0.2, 0.25) is 5.02 Å². The van der Waals surface area contributed by atoms with Crippen LogP contribution in [-0.2, 0) is 4.79 Å². The molecule has 32 heavy (non-hydrogen) atoms. The molecule has 0 aliphatic rings. The molecule has 0 bridgehead atoms. The van der Waals surface area contributed by atoms with E-state index < -0.39 is 16.9 Å². The molecule has 1 N–H and O–H groups in total. The highest BCUT2D eigenvalue weighted by molar-refractivity contribution is 8.00. The quantitative estimate of drug-likeness (QED) is 0.352. The van der Waals surface area contributed by atoms with Crippen LogP contribution in [0.15, 0.2) is 78.0 Å². The highest BCUT2D eigenvalue weighted by atomic mass is 35.5. The monoisotopic (exact) mass is 470 g/mol. The summed E-state index contributed by atoms with van der Waals surface area (Å²) in [6.45, 7) is 1.70. The average Bonchev–Trinajstić information content (AvgIpc) is 3.19. The van der Waals surface area contributed by atoms with E-state index in [2.05, 4.69) is 15.5 Å². The number of hydrogen-bond acceptors (Lipinski definition) is 4. The summed E-state index contributed by atoms with van der Waals surface area (Å²) in [5.41, 5.74) is 1.33. The van der Waals surface area contributed by atoms with Crippen LogP contribution in [0.5, 0.6) is 0 Å². The lowest BCUT2D eigenvalue weighted by Gasteiger charge is -2.14. The fourth-order valence-electron chi connectivity index (χ4n) is 3.01. The highest BCUT2D eigenvalue weighted by Crippen LogP contribution is 2.32. The number of aromatic nitrogens is 3. The van der Waals surface area contributed by atoms with Crippen LogP contribution in [-0.4, -0.2) is 25.9 Å². The molecular weight excluding hydrogens is 454 g/mol. The molecule has 4 rings (SSSR count). The summed E-state index contributed by atoms with van der Waals surface area (Å²) in [7, 11) is 0. The first-order valence-corrected chi connectivity index (χ1v) is 10.9. The Balaban J connectivity index is 1.65. The van der Waals surface area contributed by atoms with E-state index in [4.69, 9.17) is 11.6 Å². The molecule has 9 heteroatoms.